The third-order valence-electron chi connectivity index (χ3n) is 8.41. The molecule has 0 saturated carbocycles. The number of halogens is 1. The van der Waals surface area contributed by atoms with E-state index in [4.69, 9.17) is 16.3 Å². The summed E-state index contributed by atoms with van der Waals surface area (Å²) in [5.41, 5.74) is 0. The molecule has 0 bridgehead atoms. The second-order valence-corrected chi connectivity index (χ2v) is 12.2. The third-order valence-corrected chi connectivity index (χ3v) is 8.77. The first-order valence-electron chi connectivity index (χ1n) is 15.0. The number of alkyl halides is 1. The SMILES string of the molecule is CC[C@@H](C)[C@@H]1NC(=O)[C@@H]2CCCN2C(=O)[C@@H](C[C@H](O)CCl)OC(=O)CCNC(=O)[C@H](C)N(C)C(=O)[C@H](C(C)C)N(C)C1=O. The second-order valence-electron chi connectivity index (χ2n) is 11.9. The molecule has 5 amide bonds. The molecule has 2 aliphatic rings. The Hall–Kier alpha value is -2.93. The van der Waals surface area contributed by atoms with Gasteiger partial charge in [0.1, 0.15) is 24.2 Å². The van der Waals surface area contributed by atoms with E-state index in [9.17, 15) is 33.9 Å². The van der Waals surface area contributed by atoms with Crippen molar-refractivity contribution in [2.24, 2.45) is 11.8 Å². The van der Waals surface area contributed by atoms with Gasteiger partial charge >= 0.3 is 5.97 Å². The van der Waals surface area contributed by atoms with Crippen molar-refractivity contribution in [3.05, 3.63) is 0 Å². The predicted molar refractivity (Wildman–Crippen MR) is 159 cm³/mol. The lowest BCUT2D eigenvalue weighted by Gasteiger charge is -2.38. The molecule has 13 nitrogen and oxygen atoms in total. The van der Waals surface area contributed by atoms with E-state index in [1.807, 2.05) is 13.8 Å². The Morgan fingerprint density at radius 2 is 1.65 bits per heavy atom. The summed E-state index contributed by atoms with van der Waals surface area (Å²) in [6, 6.07) is -3.77. The number of rotatable bonds is 6. The number of likely N-dealkylation sites (N-methyl/N-ethyl adjacent to an activating group) is 2. The quantitative estimate of drug-likeness (QED) is 0.278. The van der Waals surface area contributed by atoms with E-state index >= 15 is 0 Å². The summed E-state index contributed by atoms with van der Waals surface area (Å²) in [5.74, 6) is -4.24. The fraction of sp³-hybridized carbons (Fsp3) is 0.793. The largest absolute Gasteiger partial charge is 0.452 e. The van der Waals surface area contributed by atoms with Crippen molar-refractivity contribution in [3.63, 3.8) is 0 Å². The van der Waals surface area contributed by atoms with E-state index in [0.717, 1.165) is 0 Å². The molecule has 0 radical (unpaired) electrons. The molecule has 0 unspecified atom stereocenters. The highest BCUT2D eigenvalue weighted by atomic mass is 35.5. The number of aliphatic hydroxyl groups is 1. The molecule has 2 aliphatic heterocycles. The van der Waals surface area contributed by atoms with Gasteiger partial charge in [0, 0.05) is 39.5 Å². The first kappa shape index (κ1) is 36.3. The fourth-order valence-electron chi connectivity index (χ4n) is 5.41. The maximum absolute atomic E-state index is 13.9. The molecule has 0 aromatic rings. The number of nitrogens with one attached hydrogen (secondary N) is 2. The van der Waals surface area contributed by atoms with Crippen molar-refractivity contribution in [2.75, 3.05) is 33.1 Å². The van der Waals surface area contributed by atoms with Crippen LogP contribution >= 0.6 is 11.6 Å². The molecule has 0 aromatic heterocycles. The lowest BCUT2D eigenvalue weighted by molar-refractivity contribution is -0.163. The van der Waals surface area contributed by atoms with Gasteiger partial charge in [0.25, 0.3) is 5.91 Å². The zero-order valence-electron chi connectivity index (χ0n) is 26.3. The van der Waals surface area contributed by atoms with Crippen LogP contribution in [0.15, 0.2) is 0 Å². The Labute approximate surface area is 259 Å². The average molecular weight is 630 g/mol. The minimum Gasteiger partial charge on any atom is -0.452 e. The molecule has 0 aliphatic carbocycles. The van der Waals surface area contributed by atoms with Crippen LogP contribution in [0, 0.1) is 11.8 Å². The molecule has 2 saturated heterocycles. The van der Waals surface area contributed by atoms with Crippen LogP contribution in [0.1, 0.15) is 66.7 Å². The van der Waals surface area contributed by atoms with Gasteiger partial charge in [0.05, 0.1) is 12.5 Å². The number of nitrogens with zero attached hydrogens (tertiary/aromatic N) is 3. The molecule has 0 aromatic carbocycles. The molecule has 7 atom stereocenters. The van der Waals surface area contributed by atoms with E-state index in [1.165, 1.54) is 35.7 Å². The van der Waals surface area contributed by atoms with Crippen LogP contribution < -0.4 is 10.6 Å². The molecule has 3 N–H and O–H groups in total. The third kappa shape index (κ3) is 9.04. The van der Waals surface area contributed by atoms with Gasteiger partial charge in [0.15, 0.2) is 6.10 Å². The van der Waals surface area contributed by atoms with Crippen molar-refractivity contribution in [2.45, 2.75) is 103 Å². The van der Waals surface area contributed by atoms with Gasteiger partial charge in [-0.25, -0.2) is 0 Å². The van der Waals surface area contributed by atoms with Crippen LogP contribution in [0.2, 0.25) is 0 Å². The molecule has 2 rings (SSSR count). The maximum Gasteiger partial charge on any atom is 0.308 e. The Bertz CT molecular complexity index is 1040. The van der Waals surface area contributed by atoms with Gasteiger partial charge < -0.3 is 35.2 Å². The molecule has 14 heteroatoms. The minimum atomic E-state index is -1.40. The smallest absolute Gasteiger partial charge is 0.308 e. The Morgan fingerprint density at radius 3 is 2.23 bits per heavy atom. The molecule has 2 fully saturated rings. The van der Waals surface area contributed by atoms with Crippen LogP contribution in [0.3, 0.4) is 0 Å². The summed E-state index contributed by atoms with van der Waals surface area (Å²) in [6.07, 6.45) is -1.72. The number of hydrogen-bond acceptors (Lipinski definition) is 8. The first-order chi connectivity index (χ1) is 20.2. The number of amides is 5. The monoisotopic (exact) mass is 629 g/mol. The molecular weight excluding hydrogens is 582 g/mol. The number of ether oxygens (including phenoxy) is 1. The lowest BCUT2D eigenvalue weighted by Crippen LogP contribution is -2.60. The topological polar surface area (TPSA) is 166 Å². The van der Waals surface area contributed by atoms with Crippen molar-refractivity contribution in [1.29, 1.82) is 0 Å². The summed E-state index contributed by atoms with van der Waals surface area (Å²) in [4.78, 5) is 84.3. The van der Waals surface area contributed by atoms with E-state index in [0.29, 0.717) is 19.3 Å². The summed E-state index contributed by atoms with van der Waals surface area (Å²) in [7, 11) is 2.98. The van der Waals surface area contributed by atoms with Gasteiger partial charge in [-0.3, -0.25) is 28.8 Å². The average Bonchev–Trinajstić information content (AvgIpc) is 3.46. The Kier molecular flexibility index (Phi) is 13.7. The summed E-state index contributed by atoms with van der Waals surface area (Å²) in [5, 5.41) is 15.6. The van der Waals surface area contributed by atoms with Gasteiger partial charge in [-0.05, 0) is 31.6 Å². The van der Waals surface area contributed by atoms with Crippen LogP contribution in [0.4, 0.5) is 0 Å². The van der Waals surface area contributed by atoms with Crippen molar-refractivity contribution < 1.29 is 38.6 Å². The predicted octanol–water partition coefficient (Wildman–Crippen LogP) is 0.260. The molecule has 0 spiro atoms. The molecule has 2 heterocycles. The van der Waals surface area contributed by atoms with Gasteiger partial charge in [0.2, 0.25) is 23.6 Å². The van der Waals surface area contributed by atoms with E-state index in [-0.39, 0.29) is 43.6 Å². The zero-order valence-corrected chi connectivity index (χ0v) is 27.1. The number of esters is 1. The van der Waals surface area contributed by atoms with E-state index in [2.05, 4.69) is 10.6 Å². The maximum atomic E-state index is 13.9. The normalized spacial score (nSPS) is 28.9. The van der Waals surface area contributed by atoms with Crippen LogP contribution in [-0.2, 0) is 33.5 Å². The summed E-state index contributed by atoms with van der Waals surface area (Å²) < 4.78 is 5.44. The number of carbonyl (C=O) groups is 6. The summed E-state index contributed by atoms with van der Waals surface area (Å²) >= 11 is 5.76. The minimum absolute atomic E-state index is 0.125. The van der Waals surface area contributed by atoms with Crippen LogP contribution in [0.25, 0.3) is 0 Å². The van der Waals surface area contributed by atoms with Crippen LogP contribution in [-0.4, -0.2) is 125 Å². The highest BCUT2D eigenvalue weighted by Crippen LogP contribution is 2.23. The summed E-state index contributed by atoms with van der Waals surface area (Å²) in [6.45, 7) is 8.91. The number of cyclic esters (lactones) is 1. The number of fused-ring (bicyclic) bond motifs is 1. The molecular formula is C29H48ClN5O8. The first-order valence-corrected chi connectivity index (χ1v) is 15.5. The number of carbonyl (C=O) groups excluding carboxylic acids is 6. The van der Waals surface area contributed by atoms with E-state index in [1.54, 1.807) is 13.8 Å². The van der Waals surface area contributed by atoms with Crippen molar-refractivity contribution in [3.8, 4) is 0 Å². The number of hydrogen-bond donors (Lipinski definition) is 3. The van der Waals surface area contributed by atoms with E-state index < -0.39 is 71.9 Å². The van der Waals surface area contributed by atoms with Gasteiger partial charge in [-0.15, -0.1) is 11.6 Å². The van der Waals surface area contributed by atoms with Gasteiger partial charge in [-0.2, -0.15) is 0 Å². The van der Waals surface area contributed by atoms with Crippen LogP contribution in [0.5, 0.6) is 0 Å². The fourth-order valence-corrected chi connectivity index (χ4v) is 5.54. The highest BCUT2D eigenvalue weighted by Gasteiger charge is 2.43. The standard InChI is InChI=1S/C29H48ClN5O8/c1-8-17(4)23-28(41)34(7)24(16(2)3)29(42)33(6)18(5)25(38)31-12-11-22(37)43-21(14-19(36)15-30)27(40)35-13-9-10-20(35)26(39)32-23/h16-21,23-24,36H,8-15H2,1-7H3,(H,31,38)(H,32,39)/t17-,18+,19+,20+,21-,23+,24+/m1/s1. The molecule has 43 heavy (non-hydrogen) atoms. The second kappa shape index (κ2) is 16.2. The lowest BCUT2D eigenvalue weighted by atomic mass is 9.94. The molecule has 244 valence electrons. The van der Waals surface area contributed by atoms with Gasteiger partial charge in [-0.1, -0.05) is 34.1 Å². The van der Waals surface area contributed by atoms with Crippen molar-refractivity contribution >= 4 is 47.1 Å². The Morgan fingerprint density at radius 1 is 1.00 bits per heavy atom. The highest BCUT2D eigenvalue weighted by molar-refractivity contribution is 6.18. The number of aliphatic hydroxyl groups excluding tert-OH is 1. The Balaban J connectivity index is 2.54. The van der Waals surface area contributed by atoms with Crippen molar-refractivity contribution in [1.82, 2.24) is 25.3 Å². The zero-order chi connectivity index (χ0) is 32.6.